The zero-order chi connectivity index (χ0) is 19.8. The molecular formula is C20H25FN3O3+. The second kappa shape index (κ2) is 9.68. The molecule has 1 atom stereocenters. The largest absolute Gasteiger partial charge is 0.495 e. The van der Waals surface area contributed by atoms with Crippen LogP contribution in [0.25, 0.3) is 0 Å². The number of rotatable bonds is 8. The van der Waals surface area contributed by atoms with E-state index in [1.807, 2.05) is 13.0 Å². The van der Waals surface area contributed by atoms with Crippen LogP contribution in [0.4, 0.5) is 15.8 Å². The van der Waals surface area contributed by atoms with Gasteiger partial charge in [0.05, 0.1) is 19.3 Å². The molecule has 0 aromatic heterocycles. The molecule has 0 bridgehead atoms. The zero-order valence-electron chi connectivity index (χ0n) is 15.8. The SMILES string of the molecule is CC[NH+](CC(=O)Nc1ccc(C)c(F)c1)CC(=O)Nc1ccccc1OC. The Hall–Kier alpha value is -2.93. The number of aryl methyl sites for hydroxylation is 1. The molecule has 2 amide bonds. The van der Waals surface area contributed by atoms with Crippen LogP contribution in [0.1, 0.15) is 12.5 Å². The smallest absolute Gasteiger partial charge is 0.279 e. The van der Waals surface area contributed by atoms with Crippen molar-refractivity contribution >= 4 is 23.2 Å². The van der Waals surface area contributed by atoms with Gasteiger partial charge < -0.3 is 20.3 Å². The average molecular weight is 374 g/mol. The number of likely N-dealkylation sites (N-methyl/N-ethyl adjacent to an activating group) is 1. The van der Waals surface area contributed by atoms with E-state index in [2.05, 4.69) is 10.6 Å². The van der Waals surface area contributed by atoms with E-state index >= 15 is 0 Å². The number of para-hydroxylation sites is 2. The first-order valence-electron chi connectivity index (χ1n) is 8.75. The van der Waals surface area contributed by atoms with E-state index in [-0.39, 0.29) is 30.7 Å². The third kappa shape index (κ3) is 6.07. The fourth-order valence-corrected chi connectivity index (χ4v) is 2.58. The summed E-state index contributed by atoms with van der Waals surface area (Å²) in [6.07, 6.45) is 0. The van der Waals surface area contributed by atoms with Gasteiger partial charge >= 0.3 is 0 Å². The molecule has 0 radical (unpaired) electrons. The van der Waals surface area contributed by atoms with E-state index in [9.17, 15) is 14.0 Å². The van der Waals surface area contributed by atoms with Crippen LogP contribution in [0.3, 0.4) is 0 Å². The zero-order valence-corrected chi connectivity index (χ0v) is 15.8. The summed E-state index contributed by atoms with van der Waals surface area (Å²) in [5.41, 5.74) is 1.50. The maximum absolute atomic E-state index is 13.6. The topological polar surface area (TPSA) is 71.9 Å². The van der Waals surface area contributed by atoms with Crippen LogP contribution < -0.4 is 20.3 Å². The van der Waals surface area contributed by atoms with Gasteiger partial charge in [0.15, 0.2) is 13.1 Å². The Morgan fingerprint density at radius 1 is 1.07 bits per heavy atom. The van der Waals surface area contributed by atoms with Crippen molar-refractivity contribution < 1.29 is 23.6 Å². The van der Waals surface area contributed by atoms with Crippen molar-refractivity contribution in [3.8, 4) is 5.75 Å². The highest BCUT2D eigenvalue weighted by Crippen LogP contribution is 2.22. The third-order valence-corrected chi connectivity index (χ3v) is 4.16. The molecule has 1 unspecified atom stereocenters. The van der Waals surface area contributed by atoms with Crippen molar-refractivity contribution in [1.29, 1.82) is 0 Å². The molecule has 0 saturated heterocycles. The average Bonchev–Trinajstić information content (AvgIpc) is 2.64. The van der Waals surface area contributed by atoms with Crippen LogP contribution >= 0.6 is 0 Å². The Morgan fingerprint density at radius 2 is 1.74 bits per heavy atom. The number of hydrogen-bond donors (Lipinski definition) is 3. The summed E-state index contributed by atoms with van der Waals surface area (Å²) in [6.45, 7) is 4.37. The molecule has 3 N–H and O–H groups in total. The summed E-state index contributed by atoms with van der Waals surface area (Å²) in [5, 5.41) is 5.46. The normalized spacial score (nSPS) is 11.6. The Balaban J connectivity index is 1.91. The van der Waals surface area contributed by atoms with Gasteiger partial charge in [-0.2, -0.15) is 0 Å². The Bertz CT molecular complexity index is 811. The number of benzene rings is 2. The van der Waals surface area contributed by atoms with Crippen LogP contribution in [-0.2, 0) is 9.59 Å². The van der Waals surface area contributed by atoms with Gasteiger partial charge in [0.25, 0.3) is 11.8 Å². The van der Waals surface area contributed by atoms with E-state index < -0.39 is 0 Å². The number of anilines is 2. The number of hydrogen-bond acceptors (Lipinski definition) is 3. The van der Waals surface area contributed by atoms with Crippen molar-refractivity contribution in [3.63, 3.8) is 0 Å². The Labute approximate surface area is 158 Å². The van der Waals surface area contributed by atoms with Crippen molar-refractivity contribution in [3.05, 3.63) is 53.8 Å². The van der Waals surface area contributed by atoms with Gasteiger partial charge in [0, 0.05) is 5.69 Å². The highest BCUT2D eigenvalue weighted by atomic mass is 19.1. The summed E-state index contributed by atoms with van der Waals surface area (Å²) in [5.74, 6) is -0.294. The molecule has 2 aromatic rings. The number of halogens is 1. The van der Waals surface area contributed by atoms with Gasteiger partial charge in [0.2, 0.25) is 0 Å². The molecule has 2 aromatic carbocycles. The van der Waals surface area contributed by atoms with Crippen LogP contribution in [0.2, 0.25) is 0 Å². The Morgan fingerprint density at radius 3 is 2.37 bits per heavy atom. The fraction of sp³-hybridized carbons (Fsp3) is 0.300. The van der Waals surface area contributed by atoms with Crippen molar-refractivity contribution in [2.24, 2.45) is 0 Å². The number of quaternary nitrogens is 1. The number of carbonyl (C=O) groups is 2. The maximum Gasteiger partial charge on any atom is 0.279 e. The molecule has 2 rings (SSSR count). The van der Waals surface area contributed by atoms with Crippen LogP contribution in [0.15, 0.2) is 42.5 Å². The highest BCUT2D eigenvalue weighted by molar-refractivity contribution is 5.94. The molecule has 0 aliphatic rings. The fourth-order valence-electron chi connectivity index (χ4n) is 2.58. The Kier molecular flexibility index (Phi) is 7.31. The quantitative estimate of drug-likeness (QED) is 0.658. The predicted molar refractivity (Wildman–Crippen MR) is 103 cm³/mol. The third-order valence-electron chi connectivity index (χ3n) is 4.16. The summed E-state index contributed by atoms with van der Waals surface area (Å²) in [6, 6.07) is 11.7. The van der Waals surface area contributed by atoms with Gasteiger partial charge in [0.1, 0.15) is 11.6 Å². The van der Waals surface area contributed by atoms with Crippen molar-refractivity contribution in [1.82, 2.24) is 0 Å². The lowest BCUT2D eigenvalue weighted by atomic mass is 10.2. The molecule has 0 heterocycles. The lowest BCUT2D eigenvalue weighted by Gasteiger charge is -2.17. The van der Waals surface area contributed by atoms with Gasteiger partial charge in [-0.25, -0.2) is 4.39 Å². The van der Waals surface area contributed by atoms with Crippen LogP contribution in [-0.4, -0.2) is 38.6 Å². The second-order valence-electron chi connectivity index (χ2n) is 6.22. The molecule has 27 heavy (non-hydrogen) atoms. The van der Waals surface area contributed by atoms with E-state index in [4.69, 9.17) is 4.74 Å². The standard InChI is InChI=1S/C20H24FN3O3/c1-4-24(12-19(25)22-15-10-9-14(2)16(21)11-15)13-20(26)23-17-7-5-6-8-18(17)27-3/h5-11H,4,12-13H2,1-3H3,(H,22,25)(H,23,26)/p+1. The molecule has 0 spiro atoms. The first-order chi connectivity index (χ1) is 12.9. The van der Waals surface area contributed by atoms with Gasteiger partial charge in [-0.3, -0.25) is 9.59 Å². The first kappa shape index (κ1) is 20.4. The molecule has 0 aliphatic carbocycles. The maximum atomic E-state index is 13.6. The van der Waals surface area contributed by atoms with E-state index in [0.717, 1.165) is 4.90 Å². The number of methoxy groups -OCH3 is 1. The van der Waals surface area contributed by atoms with Crippen molar-refractivity contribution in [2.45, 2.75) is 13.8 Å². The molecule has 0 saturated carbocycles. The predicted octanol–water partition coefficient (Wildman–Crippen LogP) is 1.62. The van der Waals surface area contributed by atoms with Gasteiger partial charge in [-0.1, -0.05) is 18.2 Å². The minimum atomic E-state index is -0.372. The summed E-state index contributed by atoms with van der Waals surface area (Å²) < 4.78 is 18.8. The van der Waals surface area contributed by atoms with E-state index in [1.54, 1.807) is 37.3 Å². The minimum Gasteiger partial charge on any atom is -0.495 e. The van der Waals surface area contributed by atoms with Gasteiger partial charge in [-0.05, 0) is 43.7 Å². The number of nitrogens with one attached hydrogen (secondary N) is 3. The van der Waals surface area contributed by atoms with Crippen LogP contribution in [0.5, 0.6) is 5.75 Å². The van der Waals surface area contributed by atoms with E-state index in [1.165, 1.54) is 13.2 Å². The van der Waals surface area contributed by atoms with E-state index in [0.29, 0.717) is 29.2 Å². The number of ether oxygens (including phenoxy) is 1. The molecule has 144 valence electrons. The molecule has 0 aliphatic heterocycles. The minimum absolute atomic E-state index is 0.103. The molecule has 7 heteroatoms. The first-order valence-corrected chi connectivity index (χ1v) is 8.75. The van der Waals surface area contributed by atoms with Crippen LogP contribution in [0, 0.1) is 12.7 Å². The monoisotopic (exact) mass is 374 g/mol. The van der Waals surface area contributed by atoms with Crippen molar-refractivity contribution in [2.75, 3.05) is 37.4 Å². The van der Waals surface area contributed by atoms with Gasteiger partial charge in [-0.15, -0.1) is 0 Å². The summed E-state index contributed by atoms with van der Waals surface area (Å²) in [7, 11) is 1.53. The molecule has 6 nitrogen and oxygen atoms in total. The number of amides is 2. The lowest BCUT2D eigenvalue weighted by Crippen LogP contribution is -3.13. The summed E-state index contributed by atoms with van der Waals surface area (Å²) in [4.78, 5) is 25.3. The highest BCUT2D eigenvalue weighted by Gasteiger charge is 2.18. The second-order valence-corrected chi connectivity index (χ2v) is 6.22. The lowest BCUT2D eigenvalue weighted by molar-refractivity contribution is -0.881. The summed E-state index contributed by atoms with van der Waals surface area (Å²) >= 11 is 0. The molecular weight excluding hydrogens is 349 g/mol. The molecule has 0 fully saturated rings. The number of carbonyl (C=O) groups excluding carboxylic acids is 2.